The normalized spacial score (nSPS) is 10.0. The number of carboxylic acids is 1. The van der Waals surface area contributed by atoms with E-state index in [0.717, 1.165) is 12.0 Å². The molecule has 0 aliphatic carbocycles. The molecule has 0 spiro atoms. The Kier molecular flexibility index (Phi) is 20.6. The summed E-state index contributed by atoms with van der Waals surface area (Å²) >= 11 is 0. The minimum atomic E-state index is -1.04. The molecule has 0 fully saturated rings. The molecule has 134 valence electrons. The number of rotatable bonds is 7. The molecule has 1 N–H and O–H groups in total. The van der Waals surface area contributed by atoms with Gasteiger partial charge in [-0.25, -0.2) is 4.79 Å². The van der Waals surface area contributed by atoms with E-state index in [1.807, 2.05) is 59.8 Å². The highest BCUT2D eigenvalue weighted by atomic mass is 16.5. The van der Waals surface area contributed by atoms with E-state index < -0.39 is 11.9 Å². The molecule has 0 aromatic heterocycles. The van der Waals surface area contributed by atoms with Crippen LogP contribution in [0.4, 0.5) is 0 Å². The Labute approximate surface area is 141 Å². The van der Waals surface area contributed by atoms with Crippen molar-refractivity contribution in [3.8, 4) is 0 Å². The van der Waals surface area contributed by atoms with E-state index in [2.05, 4.69) is 0 Å². The average molecular weight is 326 g/mol. The molecule has 0 aliphatic rings. The molecule has 0 aliphatic heterocycles. The topological polar surface area (TPSA) is 63.6 Å². The predicted molar refractivity (Wildman–Crippen MR) is 97.5 cm³/mol. The maximum absolute atomic E-state index is 11.8. The monoisotopic (exact) mass is 326 g/mol. The fourth-order valence-electron chi connectivity index (χ4n) is 1.29. The molecule has 0 saturated carbocycles. The van der Waals surface area contributed by atoms with Crippen molar-refractivity contribution in [2.75, 3.05) is 6.61 Å². The summed E-state index contributed by atoms with van der Waals surface area (Å²) in [4.78, 5) is 22.4. The Hall–Kier alpha value is -1.84. The first-order chi connectivity index (χ1) is 10.9. The van der Waals surface area contributed by atoms with E-state index in [0.29, 0.717) is 5.57 Å². The molecule has 23 heavy (non-hydrogen) atoms. The lowest BCUT2D eigenvalue weighted by molar-refractivity contribution is -0.142. The molecule has 4 heteroatoms. The Morgan fingerprint density at radius 3 is 1.96 bits per heavy atom. The highest BCUT2D eigenvalue weighted by Crippen LogP contribution is 2.11. The molecule has 0 radical (unpaired) electrons. The van der Waals surface area contributed by atoms with Gasteiger partial charge in [0, 0.05) is 5.57 Å². The van der Waals surface area contributed by atoms with Crippen molar-refractivity contribution < 1.29 is 19.4 Å². The second-order valence-electron chi connectivity index (χ2n) is 4.47. The third-order valence-electron chi connectivity index (χ3n) is 2.36. The fourth-order valence-corrected chi connectivity index (χ4v) is 1.29. The van der Waals surface area contributed by atoms with Crippen molar-refractivity contribution in [1.29, 1.82) is 0 Å². The van der Waals surface area contributed by atoms with E-state index >= 15 is 0 Å². The lowest BCUT2D eigenvalue weighted by Gasteiger charge is -2.08. The zero-order chi connectivity index (χ0) is 18.8. The van der Waals surface area contributed by atoms with E-state index in [1.54, 1.807) is 13.8 Å². The van der Waals surface area contributed by atoms with Crippen molar-refractivity contribution >= 4 is 11.9 Å². The quantitative estimate of drug-likeness (QED) is 0.391. The van der Waals surface area contributed by atoms with Gasteiger partial charge in [-0.1, -0.05) is 58.4 Å². The van der Waals surface area contributed by atoms with Crippen molar-refractivity contribution in [2.45, 2.75) is 68.2 Å². The van der Waals surface area contributed by atoms with Crippen LogP contribution in [0.15, 0.2) is 34.9 Å². The van der Waals surface area contributed by atoms with Crippen molar-refractivity contribution in [1.82, 2.24) is 0 Å². The number of hydrogen-bond donors (Lipinski definition) is 1. The summed E-state index contributed by atoms with van der Waals surface area (Å²) in [6, 6.07) is 0. The SMILES string of the molecule is CC.CC.CC/C=C\C=C(/C)COC(=O)C(CC(=O)O)=C(C)C. The molecule has 0 atom stereocenters. The molecular formula is C19H34O4. The molecule has 0 saturated heterocycles. The van der Waals surface area contributed by atoms with Crippen LogP contribution in [0.5, 0.6) is 0 Å². The lowest BCUT2D eigenvalue weighted by Crippen LogP contribution is -2.14. The van der Waals surface area contributed by atoms with Gasteiger partial charge in [0.1, 0.15) is 6.61 Å². The smallest absolute Gasteiger partial charge is 0.334 e. The van der Waals surface area contributed by atoms with Gasteiger partial charge in [0.05, 0.1) is 6.42 Å². The maximum Gasteiger partial charge on any atom is 0.334 e. The van der Waals surface area contributed by atoms with Gasteiger partial charge in [0.25, 0.3) is 0 Å². The molecule has 0 unspecified atom stereocenters. The van der Waals surface area contributed by atoms with Crippen LogP contribution in [0.3, 0.4) is 0 Å². The summed E-state index contributed by atoms with van der Waals surface area (Å²) in [5, 5.41) is 8.74. The highest BCUT2D eigenvalue weighted by molar-refractivity contribution is 5.94. The standard InChI is InChI=1S/C15H22O4.2C2H6/c1-5-6-7-8-12(4)10-19-15(18)13(11(2)3)9-14(16)17;2*1-2/h6-8H,5,9-10H2,1-4H3,(H,16,17);2*1-2H3/b7-6-,12-8+;;. The van der Waals surface area contributed by atoms with Crippen molar-refractivity contribution in [2.24, 2.45) is 0 Å². The summed E-state index contributed by atoms with van der Waals surface area (Å²) in [7, 11) is 0. The Morgan fingerprint density at radius 1 is 1.04 bits per heavy atom. The van der Waals surface area contributed by atoms with E-state index in [9.17, 15) is 9.59 Å². The molecule has 4 nitrogen and oxygen atoms in total. The number of hydrogen-bond acceptors (Lipinski definition) is 3. The van der Waals surface area contributed by atoms with Gasteiger partial charge in [0.2, 0.25) is 0 Å². The predicted octanol–water partition coefficient (Wildman–Crippen LogP) is 5.31. The Morgan fingerprint density at radius 2 is 1.57 bits per heavy atom. The Bertz CT molecular complexity index is 411. The van der Waals surface area contributed by atoms with Gasteiger partial charge >= 0.3 is 11.9 Å². The van der Waals surface area contributed by atoms with Crippen LogP contribution in [0.2, 0.25) is 0 Å². The van der Waals surface area contributed by atoms with Gasteiger partial charge in [0.15, 0.2) is 0 Å². The number of allylic oxidation sites excluding steroid dienone is 4. The second-order valence-corrected chi connectivity index (χ2v) is 4.47. The number of esters is 1. The van der Waals surface area contributed by atoms with Gasteiger partial charge in [-0.2, -0.15) is 0 Å². The van der Waals surface area contributed by atoms with Gasteiger partial charge in [-0.3, -0.25) is 4.79 Å². The van der Waals surface area contributed by atoms with Crippen LogP contribution in [-0.2, 0) is 14.3 Å². The van der Waals surface area contributed by atoms with E-state index in [4.69, 9.17) is 9.84 Å². The average Bonchev–Trinajstić information content (AvgIpc) is 2.54. The zero-order valence-electron chi connectivity index (χ0n) is 16.0. The third kappa shape index (κ3) is 16.4. The summed E-state index contributed by atoms with van der Waals surface area (Å²) in [5.74, 6) is -1.60. The van der Waals surface area contributed by atoms with Crippen LogP contribution >= 0.6 is 0 Å². The van der Waals surface area contributed by atoms with Crippen LogP contribution in [-0.4, -0.2) is 23.7 Å². The molecule has 0 heterocycles. The number of ether oxygens (including phenoxy) is 1. The molecule has 0 bridgehead atoms. The Balaban J connectivity index is -0.000000919. The first kappa shape index (κ1) is 26.1. The number of carbonyl (C=O) groups excluding carboxylic acids is 1. The van der Waals surface area contributed by atoms with Gasteiger partial charge in [-0.05, 0) is 32.8 Å². The van der Waals surface area contributed by atoms with Crippen LogP contribution in [0.25, 0.3) is 0 Å². The largest absolute Gasteiger partial charge is 0.481 e. The minimum Gasteiger partial charge on any atom is -0.481 e. The van der Waals surface area contributed by atoms with E-state index in [1.165, 1.54) is 0 Å². The molecule has 0 aromatic carbocycles. The summed E-state index contributed by atoms with van der Waals surface area (Å²) in [5.41, 5.74) is 1.78. The summed E-state index contributed by atoms with van der Waals surface area (Å²) in [6.07, 6.45) is 6.42. The summed E-state index contributed by atoms with van der Waals surface area (Å²) < 4.78 is 5.10. The van der Waals surface area contributed by atoms with Crippen LogP contribution in [0, 0.1) is 0 Å². The molecule has 0 aromatic rings. The molecule has 0 rings (SSSR count). The minimum absolute atomic E-state index is 0.170. The highest BCUT2D eigenvalue weighted by Gasteiger charge is 2.16. The lowest BCUT2D eigenvalue weighted by atomic mass is 10.1. The maximum atomic E-state index is 11.8. The summed E-state index contributed by atoms with van der Waals surface area (Å²) in [6.45, 7) is 15.5. The van der Waals surface area contributed by atoms with Crippen molar-refractivity contribution in [3.63, 3.8) is 0 Å². The third-order valence-corrected chi connectivity index (χ3v) is 2.36. The number of carboxylic acid groups (broad SMARTS) is 1. The zero-order valence-corrected chi connectivity index (χ0v) is 16.0. The number of carbonyl (C=O) groups is 2. The van der Waals surface area contributed by atoms with Crippen LogP contribution < -0.4 is 0 Å². The van der Waals surface area contributed by atoms with Gasteiger partial charge < -0.3 is 9.84 Å². The first-order valence-corrected chi connectivity index (χ1v) is 8.26. The molecular weight excluding hydrogens is 292 g/mol. The second kappa shape index (κ2) is 18.2. The van der Waals surface area contributed by atoms with Crippen molar-refractivity contribution in [3.05, 3.63) is 34.9 Å². The fraction of sp³-hybridized carbons (Fsp3) is 0.579. The first-order valence-electron chi connectivity index (χ1n) is 8.26. The van der Waals surface area contributed by atoms with Crippen LogP contribution in [0.1, 0.15) is 68.2 Å². The number of aliphatic carboxylic acids is 1. The molecule has 0 amide bonds. The van der Waals surface area contributed by atoms with Gasteiger partial charge in [-0.15, -0.1) is 0 Å². The van der Waals surface area contributed by atoms with E-state index in [-0.39, 0.29) is 18.6 Å².